The number of benzene rings is 2. The van der Waals surface area contributed by atoms with Gasteiger partial charge in [0.1, 0.15) is 0 Å². The molecular weight excluding hydrogens is 300 g/mol. The van der Waals surface area contributed by atoms with E-state index in [1.807, 2.05) is 59.5 Å². The highest BCUT2D eigenvalue weighted by atomic mass is 16.3. The largest absolute Gasteiger partial charge is 0.392 e. The Balaban J connectivity index is 1.75. The number of β-amino-alcohol motifs (C(OH)–C–C–N with tert-alkyl or cyclic N) is 1. The number of aliphatic hydroxyl groups is 1. The third-order valence-electron chi connectivity index (χ3n) is 4.42. The first-order valence-corrected chi connectivity index (χ1v) is 8.49. The van der Waals surface area contributed by atoms with Crippen molar-refractivity contribution < 1.29 is 9.90 Å². The topological polar surface area (TPSA) is 43.8 Å². The average Bonchev–Trinajstić information content (AvgIpc) is 2.62. The molecule has 0 radical (unpaired) electrons. The Morgan fingerprint density at radius 3 is 2.29 bits per heavy atom. The molecule has 1 fully saturated rings. The molecule has 0 aliphatic carbocycles. The maximum Gasteiger partial charge on any atom is 0.254 e. The van der Waals surface area contributed by atoms with E-state index in [-0.39, 0.29) is 12.0 Å². The molecule has 1 saturated heterocycles. The standard InChI is InChI=1S/C20H24N2O2/c1-16(23)15-21-11-13-22(14-12-21)20(24)19-10-6-5-9-18(19)17-7-3-2-4-8-17/h2-10,16,23H,11-15H2,1H3. The fourth-order valence-corrected chi connectivity index (χ4v) is 3.22. The van der Waals surface area contributed by atoms with Gasteiger partial charge in [-0.05, 0) is 24.1 Å². The molecule has 0 saturated carbocycles. The lowest BCUT2D eigenvalue weighted by Crippen LogP contribution is -2.50. The monoisotopic (exact) mass is 324 g/mol. The van der Waals surface area contributed by atoms with E-state index in [1.165, 1.54) is 0 Å². The summed E-state index contributed by atoms with van der Waals surface area (Å²) in [5.41, 5.74) is 2.80. The van der Waals surface area contributed by atoms with Crippen LogP contribution in [0.2, 0.25) is 0 Å². The van der Waals surface area contributed by atoms with Crippen molar-refractivity contribution in [2.45, 2.75) is 13.0 Å². The molecule has 0 spiro atoms. The Morgan fingerprint density at radius 1 is 1.00 bits per heavy atom. The summed E-state index contributed by atoms with van der Waals surface area (Å²) in [6.07, 6.45) is -0.328. The molecule has 3 rings (SSSR count). The summed E-state index contributed by atoms with van der Waals surface area (Å²) < 4.78 is 0. The first kappa shape index (κ1) is 16.7. The van der Waals surface area contributed by atoms with Crippen molar-refractivity contribution in [2.75, 3.05) is 32.7 Å². The summed E-state index contributed by atoms with van der Waals surface area (Å²) in [6, 6.07) is 17.8. The Labute approximate surface area is 143 Å². The van der Waals surface area contributed by atoms with Crippen LogP contribution >= 0.6 is 0 Å². The molecule has 4 heteroatoms. The summed E-state index contributed by atoms with van der Waals surface area (Å²) in [4.78, 5) is 17.1. The van der Waals surface area contributed by atoms with Crippen LogP contribution in [0.15, 0.2) is 54.6 Å². The van der Waals surface area contributed by atoms with E-state index in [0.29, 0.717) is 19.6 Å². The summed E-state index contributed by atoms with van der Waals surface area (Å²) in [7, 11) is 0. The van der Waals surface area contributed by atoms with Gasteiger partial charge in [0.05, 0.1) is 6.10 Å². The lowest BCUT2D eigenvalue weighted by Gasteiger charge is -2.35. The normalized spacial score (nSPS) is 16.8. The predicted octanol–water partition coefficient (Wildman–Crippen LogP) is 2.49. The molecule has 1 aliphatic heterocycles. The molecule has 2 aromatic carbocycles. The van der Waals surface area contributed by atoms with Crippen LogP contribution in [0.25, 0.3) is 11.1 Å². The van der Waals surface area contributed by atoms with Crippen LogP contribution in [0.4, 0.5) is 0 Å². The molecular formula is C20H24N2O2. The zero-order chi connectivity index (χ0) is 16.9. The quantitative estimate of drug-likeness (QED) is 0.940. The van der Waals surface area contributed by atoms with Crippen molar-refractivity contribution in [3.63, 3.8) is 0 Å². The third kappa shape index (κ3) is 3.83. The Morgan fingerprint density at radius 2 is 1.62 bits per heavy atom. The van der Waals surface area contributed by atoms with Gasteiger partial charge >= 0.3 is 0 Å². The lowest BCUT2D eigenvalue weighted by atomic mass is 9.98. The van der Waals surface area contributed by atoms with E-state index in [4.69, 9.17) is 0 Å². The molecule has 0 bridgehead atoms. The first-order chi connectivity index (χ1) is 11.6. The van der Waals surface area contributed by atoms with Gasteiger partial charge in [0.2, 0.25) is 0 Å². The van der Waals surface area contributed by atoms with Gasteiger partial charge in [-0.25, -0.2) is 0 Å². The number of aliphatic hydroxyl groups excluding tert-OH is 1. The minimum absolute atomic E-state index is 0.0890. The third-order valence-corrected chi connectivity index (χ3v) is 4.42. The summed E-state index contributed by atoms with van der Waals surface area (Å²) in [6.45, 7) is 5.49. The maximum absolute atomic E-state index is 13.0. The minimum atomic E-state index is -0.328. The Hall–Kier alpha value is -2.17. The van der Waals surface area contributed by atoms with Crippen LogP contribution in [0.5, 0.6) is 0 Å². The molecule has 24 heavy (non-hydrogen) atoms. The molecule has 1 N–H and O–H groups in total. The average molecular weight is 324 g/mol. The van der Waals surface area contributed by atoms with Crippen molar-refractivity contribution in [3.8, 4) is 11.1 Å². The van der Waals surface area contributed by atoms with Gasteiger partial charge in [-0.15, -0.1) is 0 Å². The van der Waals surface area contributed by atoms with Crippen LogP contribution in [-0.4, -0.2) is 59.6 Å². The van der Waals surface area contributed by atoms with Crippen LogP contribution < -0.4 is 0 Å². The number of amides is 1. The smallest absolute Gasteiger partial charge is 0.254 e. The van der Waals surface area contributed by atoms with E-state index in [0.717, 1.165) is 29.8 Å². The van der Waals surface area contributed by atoms with Crippen LogP contribution in [-0.2, 0) is 0 Å². The number of piperazine rings is 1. The fraction of sp³-hybridized carbons (Fsp3) is 0.350. The molecule has 1 amide bonds. The van der Waals surface area contributed by atoms with Gasteiger partial charge in [-0.2, -0.15) is 0 Å². The highest BCUT2D eigenvalue weighted by Gasteiger charge is 2.24. The second kappa shape index (κ2) is 7.60. The number of hydrogen-bond acceptors (Lipinski definition) is 3. The molecule has 1 atom stereocenters. The number of nitrogens with zero attached hydrogens (tertiary/aromatic N) is 2. The minimum Gasteiger partial charge on any atom is -0.392 e. The van der Waals surface area contributed by atoms with Gasteiger partial charge in [-0.3, -0.25) is 9.69 Å². The van der Waals surface area contributed by atoms with Gasteiger partial charge in [0.25, 0.3) is 5.91 Å². The molecule has 2 aromatic rings. The molecule has 4 nitrogen and oxygen atoms in total. The van der Waals surface area contributed by atoms with E-state index in [9.17, 15) is 9.90 Å². The van der Waals surface area contributed by atoms with E-state index < -0.39 is 0 Å². The van der Waals surface area contributed by atoms with Gasteiger partial charge < -0.3 is 10.0 Å². The van der Waals surface area contributed by atoms with Crippen LogP contribution in [0.3, 0.4) is 0 Å². The summed E-state index contributed by atoms with van der Waals surface area (Å²) in [5, 5.41) is 9.50. The zero-order valence-electron chi connectivity index (χ0n) is 14.1. The van der Waals surface area contributed by atoms with Crippen LogP contribution in [0.1, 0.15) is 17.3 Å². The van der Waals surface area contributed by atoms with Crippen molar-refractivity contribution in [1.82, 2.24) is 9.80 Å². The highest BCUT2D eigenvalue weighted by molar-refractivity contribution is 6.00. The van der Waals surface area contributed by atoms with Crippen LogP contribution in [0, 0.1) is 0 Å². The van der Waals surface area contributed by atoms with E-state index >= 15 is 0 Å². The Kier molecular flexibility index (Phi) is 5.28. The van der Waals surface area contributed by atoms with Crippen molar-refractivity contribution in [2.24, 2.45) is 0 Å². The highest BCUT2D eigenvalue weighted by Crippen LogP contribution is 2.25. The molecule has 1 unspecified atom stereocenters. The second-order valence-corrected chi connectivity index (χ2v) is 6.35. The second-order valence-electron chi connectivity index (χ2n) is 6.35. The summed E-state index contributed by atoms with van der Waals surface area (Å²) >= 11 is 0. The zero-order valence-corrected chi connectivity index (χ0v) is 14.1. The Bertz CT molecular complexity index is 677. The SMILES string of the molecule is CC(O)CN1CCN(C(=O)c2ccccc2-c2ccccc2)CC1. The predicted molar refractivity (Wildman–Crippen MR) is 95.9 cm³/mol. The van der Waals surface area contributed by atoms with Gasteiger partial charge in [0.15, 0.2) is 0 Å². The van der Waals surface area contributed by atoms with Gasteiger partial charge in [-0.1, -0.05) is 48.5 Å². The molecule has 1 heterocycles. The van der Waals surface area contributed by atoms with E-state index in [2.05, 4.69) is 4.90 Å². The van der Waals surface area contributed by atoms with E-state index in [1.54, 1.807) is 6.92 Å². The van der Waals surface area contributed by atoms with Crippen molar-refractivity contribution in [3.05, 3.63) is 60.2 Å². The summed E-state index contributed by atoms with van der Waals surface area (Å²) in [5.74, 6) is 0.0890. The van der Waals surface area contributed by atoms with Crippen molar-refractivity contribution in [1.29, 1.82) is 0 Å². The fourth-order valence-electron chi connectivity index (χ4n) is 3.22. The molecule has 1 aliphatic rings. The number of carbonyl (C=O) groups excluding carboxylic acids is 1. The number of rotatable bonds is 4. The molecule has 0 aromatic heterocycles. The maximum atomic E-state index is 13.0. The molecule has 126 valence electrons. The lowest BCUT2D eigenvalue weighted by molar-refractivity contribution is 0.0555. The van der Waals surface area contributed by atoms with Crippen molar-refractivity contribution >= 4 is 5.91 Å². The first-order valence-electron chi connectivity index (χ1n) is 8.49. The number of carbonyl (C=O) groups is 1. The number of hydrogen-bond donors (Lipinski definition) is 1. The van der Waals surface area contributed by atoms with Gasteiger partial charge in [0, 0.05) is 38.3 Å².